The maximum Gasteiger partial charge on any atom is 0.254 e. The highest BCUT2D eigenvalue weighted by Gasteiger charge is 2.23. The number of amides is 1. The fourth-order valence-corrected chi connectivity index (χ4v) is 2.68. The summed E-state index contributed by atoms with van der Waals surface area (Å²) in [5, 5.41) is 7.12. The number of rotatable bonds is 3. The van der Waals surface area contributed by atoms with Gasteiger partial charge in [-0.2, -0.15) is 0 Å². The summed E-state index contributed by atoms with van der Waals surface area (Å²) in [6, 6.07) is 5.81. The minimum Gasteiger partial charge on any atom is -0.459 e. The number of carbonyl (C=O) groups is 1. The first kappa shape index (κ1) is 14.1. The first-order chi connectivity index (χ1) is 10.2. The van der Waals surface area contributed by atoms with Crippen LogP contribution in [0.4, 0.5) is 5.69 Å². The van der Waals surface area contributed by atoms with E-state index in [9.17, 15) is 4.79 Å². The molecule has 0 aliphatic carbocycles. The highest BCUT2D eigenvalue weighted by Crippen LogP contribution is 2.31. The minimum absolute atomic E-state index is 0.137. The zero-order valence-corrected chi connectivity index (χ0v) is 12.4. The number of benzene rings is 1. The fourth-order valence-electron chi connectivity index (χ4n) is 2.68. The number of morpholine rings is 1. The van der Waals surface area contributed by atoms with Crippen molar-refractivity contribution in [2.45, 2.75) is 26.4 Å². The molecule has 2 aromatic rings. The van der Waals surface area contributed by atoms with Gasteiger partial charge in [-0.15, -0.1) is 0 Å². The van der Waals surface area contributed by atoms with Crippen LogP contribution < -0.4 is 10.6 Å². The van der Waals surface area contributed by atoms with Crippen LogP contribution in [-0.4, -0.2) is 31.7 Å². The molecule has 2 N–H and O–H groups in total. The largest absolute Gasteiger partial charge is 0.459 e. The molecule has 0 saturated carbocycles. The number of nitrogens with one attached hydrogen (secondary N) is 2. The van der Waals surface area contributed by atoms with Crippen LogP contribution in [0.1, 0.15) is 18.2 Å². The Labute approximate surface area is 123 Å². The average molecular weight is 288 g/mol. The standard InChI is InChI=1S/C16H20N2O3/c1-3-13-10(2)11-5-4-6-12(15(11)21-13)18-16(19)14-9-17-7-8-20-14/h4-6,14,17H,3,7-9H2,1-2H3,(H,18,19). The van der Waals surface area contributed by atoms with Gasteiger partial charge in [0.1, 0.15) is 11.9 Å². The number of anilines is 1. The lowest BCUT2D eigenvalue weighted by Gasteiger charge is -2.22. The van der Waals surface area contributed by atoms with Crippen LogP contribution in [0.2, 0.25) is 0 Å². The summed E-state index contributed by atoms with van der Waals surface area (Å²) in [6.45, 7) is 5.99. The van der Waals surface area contributed by atoms with Gasteiger partial charge in [0.2, 0.25) is 0 Å². The van der Waals surface area contributed by atoms with Gasteiger partial charge in [-0.05, 0) is 18.6 Å². The number of carbonyl (C=O) groups excluding carboxylic acids is 1. The molecule has 1 aromatic carbocycles. The first-order valence-electron chi connectivity index (χ1n) is 7.35. The number of furan rings is 1. The zero-order valence-electron chi connectivity index (χ0n) is 12.4. The molecule has 2 heterocycles. The van der Waals surface area contributed by atoms with Gasteiger partial charge in [0.25, 0.3) is 5.91 Å². The first-order valence-corrected chi connectivity index (χ1v) is 7.35. The molecular weight excluding hydrogens is 268 g/mol. The van der Waals surface area contributed by atoms with E-state index in [1.807, 2.05) is 25.1 Å². The quantitative estimate of drug-likeness (QED) is 0.909. The zero-order chi connectivity index (χ0) is 14.8. The SMILES string of the molecule is CCc1oc2c(NC(=O)C3CNCCO3)cccc2c1C. The van der Waals surface area contributed by atoms with E-state index < -0.39 is 6.10 Å². The number of aryl methyl sites for hydroxylation is 2. The van der Waals surface area contributed by atoms with Crippen molar-refractivity contribution in [1.82, 2.24) is 5.32 Å². The molecule has 0 spiro atoms. The number of para-hydroxylation sites is 1. The molecule has 1 amide bonds. The number of hydrogen-bond acceptors (Lipinski definition) is 4. The van der Waals surface area contributed by atoms with Crippen molar-refractivity contribution in [1.29, 1.82) is 0 Å². The highest BCUT2D eigenvalue weighted by molar-refractivity contribution is 6.02. The molecule has 1 unspecified atom stereocenters. The van der Waals surface area contributed by atoms with E-state index in [-0.39, 0.29) is 5.91 Å². The molecule has 1 aromatic heterocycles. The van der Waals surface area contributed by atoms with Crippen molar-refractivity contribution in [2.24, 2.45) is 0 Å². The van der Waals surface area contributed by atoms with Gasteiger partial charge in [-0.1, -0.05) is 19.1 Å². The smallest absolute Gasteiger partial charge is 0.254 e. The predicted molar refractivity (Wildman–Crippen MR) is 81.6 cm³/mol. The van der Waals surface area contributed by atoms with E-state index in [1.165, 1.54) is 0 Å². The van der Waals surface area contributed by atoms with Crippen molar-refractivity contribution in [2.75, 3.05) is 25.0 Å². The summed E-state index contributed by atoms with van der Waals surface area (Å²) in [5.41, 5.74) is 2.58. The molecule has 1 aliphatic rings. The van der Waals surface area contributed by atoms with E-state index in [1.54, 1.807) is 0 Å². The molecule has 1 saturated heterocycles. The van der Waals surface area contributed by atoms with Crippen molar-refractivity contribution >= 4 is 22.6 Å². The molecule has 1 atom stereocenters. The fraction of sp³-hybridized carbons (Fsp3) is 0.438. The number of fused-ring (bicyclic) bond motifs is 1. The Morgan fingerprint density at radius 2 is 2.33 bits per heavy atom. The average Bonchev–Trinajstić information content (AvgIpc) is 2.86. The molecule has 1 fully saturated rings. The predicted octanol–water partition coefficient (Wildman–Crippen LogP) is 2.23. The van der Waals surface area contributed by atoms with Crippen molar-refractivity contribution < 1.29 is 13.9 Å². The topological polar surface area (TPSA) is 63.5 Å². The normalized spacial score (nSPS) is 18.9. The second-order valence-corrected chi connectivity index (χ2v) is 5.24. The van der Waals surface area contributed by atoms with E-state index >= 15 is 0 Å². The van der Waals surface area contributed by atoms with Crippen LogP contribution in [0.3, 0.4) is 0 Å². The lowest BCUT2D eigenvalue weighted by atomic mass is 10.1. The summed E-state index contributed by atoms with van der Waals surface area (Å²) in [6.07, 6.45) is 0.388. The third-order valence-corrected chi connectivity index (χ3v) is 3.86. The highest BCUT2D eigenvalue weighted by atomic mass is 16.5. The third kappa shape index (κ3) is 2.66. The van der Waals surface area contributed by atoms with Crippen molar-refractivity contribution in [3.8, 4) is 0 Å². The molecule has 21 heavy (non-hydrogen) atoms. The van der Waals surface area contributed by atoms with Gasteiger partial charge in [-0.3, -0.25) is 4.79 Å². The monoisotopic (exact) mass is 288 g/mol. The Balaban J connectivity index is 1.88. The third-order valence-electron chi connectivity index (χ3n) is 3.86. The van der Waals surface area contributed by atoms with Crippen LogP contribution in [-0.2, 0) is 16.0 Å². The van der Waals surface area contributed by atoms with Crippen LogP contribution in [0.15, 0.2) is 22.6 Å². The minimum atomic E-state index is -0.448. The van der Waals surface area contributed by atoms with Crippen LogP contribution in [0.25, 0.3) is 11.0 Å². The molecule has 5 heteroatoms. The second kappa shape index (κ2) is 5.87. The van der Waals surface area contributed by atoms with Gasteiger partial charge in [0.05, 0.1) is 12.3 Å². The van der Waals surface area contributed by atoms with Gasteiger partial charge < -0.3 is 19.8 Å². The Morgan fingerprint density at radius 3 is 3.05 bits per heavy atom. The van der Waals surface area contributed by atoms with Gasteiger partial charge in [-0.25, -0.2) is 0 Å². The van der Waals surface area contributed by atoms with E-state index in [2.05, 4.69) is 17.6 Å². The van der Waals surface area contributed by atoms with Crippen LogP contribution >= 0.6 is 0 Å². The molecule has 0 bridgehead atoms. The lowest BCUT2D eigenvalue weighted by molar-refractivity contribution is -0.128. The summed E-state index contributed by atoms with van der Waals surface area (Å²) >= 11 is 0. The summed E-state index contributed by atoms with van der Waals surface area (Å²) in [7, 11) is 0. The molecule has 1 aliphatic heterocycles. The van der Waals surface area contributed by atoms with Crippen LogP contribution in [0.5, 0.6) is 0 Å². The lowest BCUT2D eigenvalue weighted by Crippen LogP contribution is -2.45. The molecular formula is C16H20N2O3. The van der Waals surface area contributed by atoms with Crippen molar-refractivity contribution in [3.05, 3.63) is 29.5 Å². The Morgan fingerprint density at radius 1 is 1.48 bits per heavy atom. The van der Waals surface area contributed by atoms with Crippen molar-refractivity contribution in [3.63, 3.8) is 0 Å². The Kier molecular flexibility index (Phi) is 3.94. The molecule has 0 radical (unpaired) electrons. The van der Waals surface area contributed by atoms with Gasteiger partial charge >= 0.3 is 0 Å². The molecule has 5 nitrogen and oxygen atoms in total. The van der Waals surface area contributed by atoms with E-state index in [4.69, 9.17) is 9.15 Å². The van der Waals surface area contributed by atoms with E-state index in [0.29, 0.717) is 18.8 Å². The van der Waals surface area contributed by atoms with Gasteiger partial charge in [0.15, 0.2) is 5.58 Å². The maximum atomic E-state index is 12.3. The summed E-state index contributed by atoms with van der Waals surface area (Å²) < 4.78 is 11.4. The van der Waals surface area contributed by atoms with Crippen LogP contribution in [0, 0.1) is 6.92 Å². The number of ether oxygens (including phenoxy) is 1. The van der Waals surface area contributed by atoms with E-state index in [0.717, 1.165) is 35.3 Å². The van der Waals surface area contributed by atoms with Gasteiger partial charge in [0, 0.05) is 24.9 Å². The summed E-state index contributed by atoms with van der Waals surface area (Å²) in [5.74, 6) is 0.823. The Hall–Kier alpha value is -1.85. The maximum absolute atomic E-state index is 12.3. The second-order valence-electron chi connectivity index (χ2n) is 5.24. The number of hydrogen-bond donors (Lipinski definition) is 2. The molecule has 112 valence electrons. The summed E-state index contributed by atoms with van der Waals surface area (Å²) in [4.78, 5) is 12.3. The molecule has 3 rings (SSSR count). The Bertz CT molecular complexity index is 657.